The Bertz CT molecular complexity index is 167. The standard InChI is InChI=1S/C6H9F2NOS/c1-3-4(7)2-10-5(8)6(11)9-3/h3-5H,2H2,1H3,(H,9,11). The highest BCUT2D eigenvalue weighted by molar-refractivity contribution is 7.80. The molecule has 1 aliphatic rings. The summed E-state index contributed by atoms with van der Waals surface area (Å²) < 4.78 is 29.8. The van der Waals surface area contributed by atoms with Crippen LogP contribution in [0.2, 0.25) is 0 Å². The predicted molar refractivity (Wildman–Crippen MR) is 40.9 cm³/mol. The second kappa shape index (κ2) is 3.40. The zero-order valence-corrected chi connectivity index (χ0v) is 6.83. The van der Waals surface area contributed by atoms with Crippen molar-refractivity contribution in [1.29, 1.82) is 0 Å². The lowest BCUT2D eigenvalue weighted by Gasteiger charge is -2.12. The van der Waals surface area contributed by atoms with Gasteiger partial charge in [0.05, 0.1) is 12.6 Å². The summed E-state index contributed by atoms with van der Waals surface area (Å²) >= 11 is 4.57. The first-order valence-electron chi connectivity index (χ1n) is 3.31. The van der Waals surface area contributed by atoms with Crippen molar-refractivity contribution in [3.8, 4) is 0 Å². The Morgan fingerprint density at radius 2 is 2.27 bits per heavy atom. The van der Waals surface area contributed by atoms with E-state index in [1.54, 1.807) is 6.92 Å². The molecule has 5 heteroatoms. The molecule has 64 valence electrons. The van der Waals surface area contributed by atoms with E-state index in [-0.39, 0.29) is 11.6 Å². The van der Waals surface area contributed by atoms with Gasteiger partial charge in [-0.2, -0.15) is 0 Å². The molecular weight excluding hydrogens is 172 g/mol. The average molecular weight is 181 g/mol. The Morgan fingerprint density at radius 3 is 2.91 bits per heavy atom. The van der Waals surface area contributed by atoms with Gasteiger partial charge in [0, 0.05) is 0 Å². The number of thiocarbonyl (C=S) groups is 1. The van der Waals surface area contributed by atoms with Crippen LogP contribution in [0.25, 0.3) is 0 Å². The van der Waals surface area contributed by atoms with E-state index < -0.39 is 18.6 Å². The van der Waals surface area contributed by atoms with Crippen molar-refractivity contribution in [2.24, 2.45) is 0 Å². The van der Waals surface area contributed by atoms with Crippen molar-refractivity contribution in [2.45, 2.75) is 25.5 Å². The third-order valence-electron chi connectivity index (χ3n) is 1.52. The average Bonchev–Trinajstić information content (AvgIpc) is 2.05. The third kappa shape index (κ3) is 2.07. The highest BCUT2D eigenvalue weighted by atomic mass is 32.1. The van der Waals surface area contributed by atoms with Crippen LogP contribution in [0.4, 0.5) is 8.78 Å². The van der Waals surface area contributed by atoms with Crippen molar-refractivity contribution < 1.29 is 13.5 Å². The monoisotopic (exact) mass is 181 g/mol. The van der Waals surface area contributed by atoms with Crippen LogP contribution in [-0.4, -0.2) is 30.2 Å². The van der Waals surface area contributed by atoms with Crippen LogP contribution >= 0.6 is 12.2 Å². The molecule has 1 heterocycles. The molecule has 0 radical (unpaired) electrons. The summed E-state index contributed by atoms with van der Waals surface area (Å²) in [6, 6.07) is -0.469. The second-order valence-electron chi connectivity index (χ2n) is 2.46. The summed E-state index contributed by atoms with van der Waals surface area (Å²) in [4.78, 5) is -0.0716. The predicted octanol–water partition coefficient (Wildman–Crippen LogP) is 0.956. The fourth-order valence-corrected chi connectivity index (χ4v) is 1.03. The van der Waals surface area contributed by atoms with Gasteiger partial charge in [0.1, 0.15) is 11.2 Å². The second-order valence-corrected chi connectivity index (χ2v) is 2.90. The van der Waals surface area contributed by atoms with Gasteiger partial charge in [0.2, 0.25) is 6.36 Å². The van der Waals surface area contributed by atoms with E-state index in [4.69, 9.17) is 0 Å². The van der Waals surface area contributed by atoms with Gasteiger partial charge in [-0.25, -0.2) is 8.78 Å². The molecule has 11 heavy (non-hydrogen) atoms. The normalized spacial score (nSPS) is 39.5. The Hall–Kier alpha value is -0.290. The zero-order valence-electron chi connectivity index (χ0n) is 6.01. The Labute approximate surface area is 68.9 Å². The summed E-state index contributed by atoms with van der Waals surface area (Å²) in [5.41, 5.74) is 0. The van der Waals surface area contributed by atoms with Gasteiger partial charge in [0.25, 0.3) is 0 Å². The molecule has 1 aliphatic heterocycles. The molecule has 0 aromatic heterocycles. The van der Waals surface area contributed by atoms with Crippen LogP contribution in [0.15, 0.2) is 0 Å². The molecule has 0 aliphatic carbocycles. The SMILES string of the molecule is CC1NC(=S)C(F)OCC1F. The van der Waals surface area contributed by atoms with E-state index in [1.165, 1.54) is 0 Å². The number of hydrogen-bond donors (Lipinski definition) is 1. The highest BCUT2D eigenvalue weighted by Crippen LogP contribution is 2.09. The number of halogens is 2. The summed E-state index contributed by atoms with van der Waals surface area (Å²) in [5.74, 6) is 0. The lowest BCUT2D eigenvalue weighted by Crippen LogP contribution is -2.38. The van der Waals surface area contributed by atoms with Crippen molar-refractivity contribution in [2.75, 3.05) is 6.61 Å². The summed E-state index contributed by atoms with van der Waals surface area (Å²) in [6.07, 6.45) is -2.86. The van der Waals surface area contributed by atoms with E-state index in [0.29, 0.717) is 0 Å². The number of nitrogens with one attached hydrogen (secondary N) is 1. The van der Waals surface area contributed by atoms with Gasteiger partial charge < -0.3 is 10.1 Å². The summed E-state index contributed by atoms with van der Waals surface area (Å²) in [6.45, 7) is 1.36. The van der Waals surface area contributed by atoms with Crippen LogP contribution in [0.5, 0.6) is 0 Å². The van der Waals surface area contributed by atoms with E-state index in [9.17, 15) is 8.78 Å². The van der Waals surface area contributed by atoms with Gasteiger partial charge in [-0.3, -0.25) is 0 Å². The van der Waals surface area contributed by atoms with E-state index in [1.807, 2.05) is 0 Å². The first-order chi connectivity index (χ1) is 5.11. The van der Waals surface area contributed by atoms with Crippen molar-refractivity contribution in [3.63, 3.8) is 0 Å². The van der Waals surface area contributed by atoms with Gasteiger partial charge in [-0.1, -0.05) is 12.2 Å². The Balaban J connectivity index is 2.58. The quantitative estimate of drug-likeness (QED) is 0.562. The molecule has 0 bridgehead atoms. The van der Waals surface area contributed by atoms with Gasteiger partial charge in [-0.05, 0) is 6.92 Å². The van der Waals surface area contributed by atoms with Crippen LogP contribution in [-0.2, 0) is 4.74 Å². The number of ether oxygens (including phenoxy) is 1. The zero-order chi connectivity index (χ0) is 8.43. The lowest BCUT2D eigenvalue weighted by atomic mass is 10.2. The van der Waals surface area contributed by atoms with Crippen molar-refractivity contribution in [1.82, 2.24) is 5.32 Å². The smallest absolute Gasteiger partial charge is 0.250 e. The molecule has 3 atom stereocenters. The maximum Gasteiger partial charge on any atom is 0.250 e. The Kier molecular flexibility index (Phi) is 2.72. The fraction of sp³-hybridized carbons (Fsp3) is 0.833. The Morgan fingerprint density at radius 1 is 1.64 bits per heavy atom. The minimum Gasteiger partial charge on any atom is -0.370 e. The van der Waals surface area contributed by atoms with Gasteiger partial charge in [0.15, 0.2) is 0 Å². The highest BCUT2D eigenvalue weighted by Gasteiger charge is 2.27. The summed E-state index contributed by atoms with van der Waals surface area (Å²) in [7, 11) is 0. The molecule has 0 aromatic rings. The number of hydrogen-bond acceptors (Lipinski definition) is 2. The molecular formula is C6H9F2NOS. The molecule has 1 rings (SSSR count). The summed E-state index contributed by atoms with van der Waals surface area (Å²) in [5, 5.41) is 2.50. The molecule has 0 amide bonds. The molecule has 2 nitrogen and oxygen atoms in total. The first kappa shape index (κ1) is 8.80. The van der Waals surface area contributed by atoms with Crippen molar-refractivity contribution >= 4 is 17.2 Å². The van der Waals surface area contributed by atoms with E-state index in [0.717, 1.165) is 0 Å². The van der Waals surface area contributed by atoms with Crippen LogP contribution < -0.4 is 5.32 Å². The number of rotatable bonds is 0. The maximum absolute atomic E-state index is 12.8. The number of alkyl halides is 2. The topological polar surface area (TPSA) is 21.3 Å². The third-order valence-corrected chi connectivity index (χ3v) is 1.82. The van der Waals surface area contributed by atoms with E-state index in [2.05, 4.69) is 22.3 Å². The molecule has 3 unspecified atom stereocenters. The molecule has 0 saturated carbocycles. The minimum atomic E-state index is -1.66. The first-order valence-corrected chi connectivity index (χ1v) is 3.72. The molecule has 0 aromatic carbocycles. The van der Waals surface area contributed by atoms with Crippen molar-refractivity contribution in [3.05, 3.63) is 0 Å². The minimum absolute atomic E-state index is 0.0716. The van der Waals surface area contributed by atoms with Crippen LogP contribution in [0, 0.1) is 0 Å². The molecule has 1 fully saturated rings. The fourth-order valence-electron chi connectivity index (χ4n) is 0.777. The largest absolute Gasteiger partial charge is 0.370 e. The van der Waals surface area contributed by atoms with Crippen LogP contribution in [0.1, 0.15) is 6.92 Å². The van der Waals surface area contributed by atoms with Gasteiger partial charge >= 0.3 is 0 Å². The van der Waals surface area contributed by atoms with Gasteiger partial charge in [-0.15, -0.1) is 0 Å². The lowest BCUT2D eigenvalue weighted by molar-refractivity contribution is -0.00881. The van der Waals surface area contributed by atoms with Crippen LogP contribution in [0.3, 0.4) is 0 Å². The molecule has 1 N–H and O–H groups in total. The molecule has 1 saturated heterocycles. The van der Waals surface area contributed by atoms with E-state index >= 15 is 0 Å². The maximum atomic E-state index is 12.8. The molecule has 0 spiro atoms.